The highest BCUT2D eigenvalue weighted by atomic mass is 16.5. The molecule has 0 bridgehead atoms. The average molecular weight is 451 g/mol. The molecule has 2 amide bonds. The largest absolute Gasteiger partial charge is 0.481 e. The lowest BCUT2D eigenvalue weighted by Crippen LogP contribution is -2.35. The van der Waals surface area contributed by atoms with Crippen LogP contribution in [0.1, 0.15) is 43.2 Å². The number of hydrogen-bond donors (Lipinski definition) is 3. The third-order valence-corrected chi connectivity index (χ3v) is 6.62. The topological polar surface area (TPSA) is 105 Å². The first-order chi connectivity index (χ1) is 16.0. The van der Waals surface area contributed by atoms with E-state index in [1.54, 1.807) is 0 Å². The van der Waals surface area contributed by atoms with Crippen LogP contribution in [0.15, 0.2) is 48.5 Å². The summed E-state index contributed by atoms with van der Waals surface area (Å²) in [7, 11) is 0. The number of hydrogen-bond acceptors (Lipinski definition) is 4. The fraction of sp³-hybridized carbons (Fsp3) is 0.423. The molecule has 2 aromatic rings. The van der Waals surface area contributed by atoms with Gasteiger partial charge in [-0.25, -0.2) is 4.79 Å². The van der Waals surface area contributed by atoms with Gasteiger partial charge in [-0.3, -0.25) is 9.59 Å². The van der Waals surface area contributed by atoms with Gasteiger partial charge in [0.2, 0.25) is 5.91 Å². The SMILES string of the molecule is CCCC(CNC(=O)C1CC1CNC(=O)OCC1c2ccccc2-c2ccccc21)C(=O)O. The number of fused-ring (bicyclic) bond motifs is 3. The molecule has 3 N–H and O–H groups in total. The number of alkyl carbamates (subject to hydrolysis) is 1. The quantitative estimate of drug-likeness (QED) is 0.511. The predicted octanol–water partition coefficient (Wildman–Crippen LogP) is 3.78. The highest BCUT2D eigenvalue weighted by molar-refractivity contribution is 5.82. The van der Waals surface area contributed by atoms with Gasteiger partial charge in [-0.2, -0.15) is 0 Å². The summed E-state index contributed by atoms with van der Waals surface area (Å²) in [6.07, 6.45) is 1.48. The number of carbonyl (C=O) groups excluding carboxylic acids is 2. The van der Waals surface area contributed by atoms with E-state index in [4.69, 9.17) is 4.74 Å². The second kappa shape index (κ2) is 10.1. The molecule has 0 aromatic heterocycles. The van der Waals surface area contributed by atoms with Crippen LogP contribution in [0, 0.1) is 17.8 Å². The van der Waals surface area contributed by atoms with Crippen LogP contribution in [-0.4, -0.2) is 42.8 Å². The van der Waals surface area contributed by atoms with E-state index in [2.05, 4.69) is 34.9 Å². The number of carbonyl (C=O) groups is 3. The normalized spacial score (nSPS) is 19.2. The van der Waals surface area contributed by atoms with Gasteiger partial charge < -0.3 is 20.5 Å². The van der Waals surface area contributed by atoms with Crippen molar-refractivity contribution in [3.63, 3.8) is 0 Å². The lowest BCUT2D eigenvalue weighted by molar-refractivity contribution is -0.142. The smallest absolute Gasteiger partial charge is 0.407 e. The summed E-state index contributed by atoms with van der Waals surface area (Å²) in [5, 5.41) is 14.7. The summed E-state index contributed by atoms with van der Waals surface area (Å²) in [5.41, 5.74) is 4.68. The van der Waals surface area contributed by atoms with Crippen molar-refractivity contribution in [2.45, 2.75) is 32.1 Å². The van der Waals surface area contributed by atoms with E-state index in [1.165, 1.54) is 11.1 Å². The summed E-state index contributed by atoms with van der Waals surface area (Å²) in [6.45, 7) is 2.68. The van der Waals surface area contributed by atoms with Crippen molar-refractivity contribution in [2.75, 3.05) is 19.7 Å². The Bertz CT molecular complexity index is 991. The molecule has 1 fully saturated rings. The molecule has 2 aromatic carbocycles. The molecule has 174 valence electrons. The van der Waals surface area contributed by atoms with Crippen molar-refractivity contribution in [1.29, 1.82) is 0 Å². The van der Waals surface area contributed by atoms with Crippen LogP contribution >= 0.6 is 0 Å². The van der Waals surface area contributed by atoms with E-state index in [0.717, 1.165) is 17.5 Å². The van der Waals surface area contributed by atoms with Crippen LogP contribution in [0.5, 0.6) is 0 Å². The van der Waals surface area contributed by atoms with Crippen molar-refractivity contribution in [2.24, 2.45) is 17.8 Å². The number of aliphatic carboxylic acids is 1. The third-order valence-electron chi connectivity index (χ3n) is 6.62. The first-order valence-electron chi connectivity index (χ1n) is 11.6. The van der Waals surface area contributed by atoms with Crippen LogP contribution in [0.4, 0.5) is 4.79 Å². The van der Waals surface area contributed by atoms with Gasteiger partial charge >= 0.3 is 12.1 Å². The first kappa shape index (κ1) is 22.8. The number of carboxylic acid groups (broad SMARTS) is 1. The maximum Gasteiger partial charge on any atom is 0.407 e. The molecule has 1 saturated carbocycles. The second-order valence-corrected chi connectivity index (χ2v) is 8.88. The summed E-state index contributed by atoms with van der Waals surface area (Å²) >= 11 is 0. The van der Waals surface area contributed by atoms with Gasteiger partial charge in [-0.05, 0) is 41.0 Å². The van der Waals surface area contributed by atoms with E-state index < -0.39 is 18.0 Å². The van der Waals surface area contributed by atoms with Gasteiger partial charge in [0.1, 0.15) is 6.61 Å². The average Bonchev–Trinajstić information content (AvgIpc) is 3.54. The number of benzene rings is 2. The summed E-state index contributed by atoms with van der Waals surface area (Å²) in [5.74, 6) is -1.71. The van der Waals surface area contributed by atoms with Gasteiger partial charge in [0.05, 0.1) is 5.92 Å². The van der Waals surface area contributed by atoms with Crippen molar-refractivity contribution >= 4 is 18.0 Å². The van der Waals surface area contributed by atoms with Crippen molar-refractivity contribution in [3.05, 3.63) is 59.7 Å². The molecule has 0 saturated heterocycles. The van der Waals surface area contributed by atoms with Crippen molar-refractivity contribution in [1.82, 2.24) is 10.6 Å². The van der Waals surface area contributed by atoms with Gasteiger partial charge in [0.15, 0.2) is 0 Å². The second-order valence-electron chi connectivity index (χ2n) is 8.88. The van der Waals surface area contributed by atoms with Crippen LogP contribution in [0.25, 0.3) is 11.1 Å². The molecule has 0 aliphatic heterocycles. The number of amides is 2. The minimum atomic E-state index is -0.888. The Kier molecular flexibility index (Phi) is 6.96. The highest BCUT2D eigenvalue weighted by Gasteiger charge is 2.43. The Morgan fingerprint density at radius 2 is 1.67 bits per heavy atom. The fourth-order valence-corrected chi connectivity index (χ4v) is 4.67. The highest BCUT2D eigenvalue weighted by Crippen LogP contribution is 2.44. The van der Waals surface area contributed by atoms with Crippen LogP contribution in [0.2, 0.25) is 0 Å². The van der Waals surface area contributed by atoms with Crippen molar-refractivity contribution < 1.29 is 24.2 Å². The molecule has 2 aliphatic carbocycles. The Balaban J connectivity index is 1.21. The fourth-order valence-electron chi connectivity index (χ4n) is 4.67. The van der Waals surface area contributed by atoms with Crippen LogP contribution < -0.4 is 10.6 Å². The van der Waals surface area contributed by atoms with E-state index in [9.17, 15) is 19.5 Å². The first-order valence-corrected chi connectivity index (χ1v) is 11.6. The van der Waals surface area contributed by atoms with E-state index in [-0.39, 0.29) is 36.8 Å². The molecule has 0 radical (unpaired) electrons. The number of carboxylic acids is 1. The maximum atomic E-state index is 12.3. The Morgan fingerprint density at radius 1 is 1.03 bits per heavy atom. The van der Waals surface area contributed by atoms with Crippen LogP contribution in [-0.2, 0) is 14.3 Å². The maximum absolute atomic E-state index is 12.3. The lowest BCUT2D eigenvalue weighted by atomic mass is 9.98. The Morgan fingerprint density at radius 3 is 2.27 bits per heavy atom. The summed E-state index contributed by atoms with van der Waals surface area (Å²) in [4.78, 5) is 35.8. The molecule has 0 spiro atoms. The zero-order valence-electron chi connectivity index (χ0n) is 18.8. The molecular formula is C26H30N2O5. The molecule has 4 rings (SSSR count). The Hall–Kier alpha value is -3.35. The molecule has 7 nitrogen and oxygen atoms in total. The molecule has 3 unspecified atom stereocenters. The van der Waals surface area contributed by atoms with Gasteiger partial charge in [-0.1, -0.05) is 61.9 Å². The third kappa shape index (κ3) is 5.18. The Labute approximate surface area is 193 Å². The molecule has 33 heavy (non-hydrogen) atoms. The van der Waals surface area contributed by atoms with Gasteiger partial charge in [0.25, 0.3) is 0 Å². The zero-order valence-corrected chi connectivity index (χ0v) is 18.8. The minimum absolute atomic E-state index is 0.00732. The van der Waals surface area contributed by atoms with Crippen molar-refractivity contribution in [3.8, 4) is 11.1 Å². The molecular weight excluding hydrogens is 420 g/mol. The predicted molar refractivity (Wildman–Crippen MR) is 124 cm³/mol. The van der Waals surface area contributed by atoms with Gasteiger partial charge in [0, 0.05) is 24.9 Å². The number of rotatable bonds is 10. The monoisotopic (exact) mass is 450 g/mol. The minimum Gasteiger partial charge on any atom is -0.481 e. The summed E-state index contributed by atoms with van der Waals surface area (Å²) < 4.78 is 5.53. The number of ether oxygens (including phenoxy) is 1. The zero-order chi connectivity index (χ0) is 23.4. The van der Waals surface area contributed by atoms with E-state index in [1.807, 2.05) is 31.2 Å². The number of nitrogens with one attached hydrogen (secondary N) is 2. The molecule has 2 aliphatic rings. The van der Waals surface area contributed by atoms with Crippen LogP contribution in [0.3, 0.4) is 0 Å². The molecule has 0 heterocycles. The summed E-state index contributed by atoms with van der Waals surface area (Å²) in [6, 6.07) is 16.3. The lowest BCUT2D eigenvalue weighted by Gasteiger charge is -2.14. The van der Waals surface area contributed by atoms with E-state index >= 15 is 0 Å². The standard InChI is InChI=1S/C26H30N2O5/c1-2-7-16(25(30)31)13-27-24(29)22-12-17(22)14-28-26(32)33-15-23-20-10-5-3-8-18(20)19-9-4-6-11-21(19)23/h3-6,8-11,16-17,22-23H,2,7,12-15H2,1H3,(H,27,29)(H,28,32)(H,30,31). The van der Waals surface area contributed by atoms with E-state index in [0.29, 0.717) is 19.4 Å². The van der Waals surface area contributed by atoms with Gasteiger partial charge in [-0.15, -0.1) is 0 Å². The molecule has 3 atom stereocenters. The molecule has 7 heteroatoms.